The topological polar surface area (TPSA) is 153 Å². The molecule has 0 bridgehead atoms. The van der Waals surface area contributed by atoms with E-state index in [4.69, 9.17) is 4.74 Å². The molecule has 0 saturated carbocycles. The average molecular weight is 515 g/mol. The Hall–Kier alpha value is -4.00. The minimum absolute atomic E-state index is 0.000900. The first kappa shape index (κ1) is 27.6. The molecule has 2 amide bonds. The van der Waals surface area contributed by atoms with E-state index in [1.807, 2.05) is 18.7 Å². The molecule has 13 heteroatoms. The van der Waals surface area contributed by atoms with Gasteiger partial charge in [-0.05, 0) is 31.5 Å². The highest BCUT2D eigenvalue weighted by molar-refractivity contribution is 5.78. The summed E-state index contributed by atoms with van der Waals surface area (Å²) >= 11 is 0. The molecule has 0 aliphatic carbocycles. The number of carbonyl (C=O) groups excluding carboxylic acids is 2. The number of carboxylic acid groups (broad SMARTS) is 1. The lowest BCUT2D eigenvalue weighted by Gasteiger charge is -2.34. The van der Waals surface area contributed by atoms with Crippen molar-refractivity contribution in [1.82, 2.24) is 30.1 Å². The highest BCUT2D eigenvalue weighted by atomic mass is 16.6. The average Bonchev–Trinajstić information content (AvgIpc) is 2.84. The van der Waals surface area contributed by atoms with Crippen LogP contribution in [0.25, 0.3) is 0 Å². The van der Waals surface area contributed by atoms with E-state index >= 15 is 0 Å². The van der Waals surface area contributed by atoms with Crippen LogP contribution in [0.15, 0.2) is 30.6 Å². The Labute approximate surface area is 215 Å². The number of nitrogens with one attached hydrogen (secondary N) is 2. The monoisotopic (exact) mass is 514 g/mol. The fourth-order valence-electron chi connectivity index (χ4n) is 3.66. The molecular weight excluding hydrogens is 480 g/mol. The normalized spacial score (nSPS) is 14.7. The Balaban J connectivity index is 1.57. The molecule has 3 rings (SSSR count). The lowest BCUT2D eigenvalue weighted by molar-refractivity contribution is -0.137. The van der Waals surface area contributed by atoms with Crippen molar-refractivity contribution in [3.63, 3.8) is 0 Å². The van der Waals surface area contributed by atoms with Gasteiger partial charge in [0.2, 0.25) is 17.8 Å². The van der Waals surface area contributed by atoms with Crippen LogP contribution >= 0.6 is 0 Å². The number of nitrogens with zero attached hydrogens (tertiary/aromatic N) is 6. The lowest BCUT2D eigenvalue weighted by atomic mass is 10.1. The van der Waals surface area contributed by atoms with Crippen molar-refractivity contribution < 1.29 is 24.2 Å². The number of aromatic nitrogens is 3. The zero-order valence-electron chi connectivity index (χ0n) is 21.5. The van der Waals surface area contributed by atoms with E-state index < -0.39 is 18.1 Å². The van der Waals surface area contributed by atoms with Crippen molar-refractivity contribution in [2.45, 2.75) is 32.4 Å². The van der Waals surface area contributed by atoms with Gasteiger partial charge in [0.25, 0.3) is 0 Å². The molecule has 1 saturated heterocycles. The number of carbonyl (C=O) groups is 3. The van der Waals surface area contributed by atoms with E-state index in [1.54, 1.807) is 38.4 Å². The van der Waals surface area contributed by atoms with Gasteiger partial charge in [0.05, 0.1) is 6.54 Å². The molecule has 1 aromatic carbocycles. The third-order valence-electron chi connectivity index (χ3n) is 5.57. The quantitative estimate of drug-likeness (QED) is 0.410. The zero-order valence-corrected chi connectivity index (χ0v) is 21.5. The fraction of sp³-hybridized carbons (Fsp3) is 0.500. The van der Waals surface area contributed by atoms with Crippen LogP contribution in [0.1, 0.15) is 19.4 Å². The number of ether oxygens (including phenoxy) is 1. The summed E-state index contributed by atoms with van der Waals surface area (Å²) < 4.78 is 5.19. The minimum Gasteiger partial charge on any atom is -0.480 e. The van der Waals surface area contributed by atoms with E-state index in [0.717, 1.165) is 5.56 Å². The van der Waals surface area contributed by atoms with Crippen LogP contribution in [-0.4, -0.2) is 107 Å². The van der Waals surface area contributed by atoms with Gasteiger partial charge < -0.3 is 30.3 Å². The maximum atomic E-state index is 12.0. The lowest BCUT2D eigenvalue weighted by Crippen LogP contribution is -2.50. The van der Waals surface area contributed by atoms with Gasteiger partial charge in [-0.1, -0.05) is 12.1 Å². The molecule has 37 heavy (non-hydrogen) atoms. The summed E-state index contributed by atoms with van der Waals surface area (Å²) in [6.45, 7) is 6.82. The summed E-state index contributed by atoms with van der Waals surface area (Å²) in [5.41, 5.74) is 0.733. The van der Waals surface area contributed by atoms with Crippen LogP contribution in [0.4, 0.5) is 16.7 Å². The van der Waals surface area contributed by atoms with Gasteiger partial charge in [-0.3, -0.25) is 9.69 Å². The number of carboxylic acids is 1. The van der Waals surface area contributed by atoms with Crippen molar-refractivity contribution in [3.05, 3.63) is 36.2 Å². The predicted molar refractivity (Wildman–Crippen MR) is 137 cm³/mol. The summed E-state index contributed by atoms with van der Waals surface area (Å²) in [7, 11) is 3.17. The highest BCUT2D eigenvalue weighted by Crippen LogP contribution is 2.17. The van der Waals surface area contributed by atoms with Gasteiger partial charge in [0.1, 0.15) is 18.1 Å². The van der Waals surface area contributed by atoms with Crippen molar-refractivity contribution in [3.8, 4) is 5.75 Å². The number of hydrogen-bond acceptors (Lipinski definition) is 10. The highest BCUT2D eigenvalue weighted by Gasteiger charge is 2.23. The van der Waals surface area contributed by atoms with Crippen molar-refractivity contribution in [2.24, 2.45) is 0 Å². The summed E-state index contributed by atoms with van der Waals surface area (Å²) in [5, 5.41) is 15.5. The SMILES string of the molecule is CC(C)NC(=O)CN1CCN(c2ncnc(N[C@@H](Cc3ccc(OC(=O)N(C)C)cc3)C(=O)O)n2)CC1. The molecule has 13 nitrogen and oxygen atoms in total. The smallest absolute Gasteiger partial charge is 0.414 e. The Bertz CT molecular complexity index is 1070. The van der Waals surface area contributed by atoms with E-state index in [1.165, 1.54) is 11.2 Å². The number of rotatable bonds is 10. The van der Waals surface area contributed by atoms with Crippen molar-refractivity contribution >= 4 is 29.9 Å². The van der Waals surface area contributed by atoms with Gasteiger partial charge in [-0.25, -0.2) is 19.6 Å². The first-order valence-electron chi connectivity index (χ1n) is 12.0. The van der Waals surface area contributed by atoms with Crippen LogP contribution in [0.2, 0.25) is 0 Å². The summed E-state index contributed by atoms with van der Waals surface area (Å²) in [6.07, 6.45) is 1.01. The molecule has 1 fully saturated rings. The molecule has 1 aliphatic rings. The number of aliphatic carboxylic acids is 1. The van der Waals surface area contributed by atoms with Gasteiger partial charge in [-0.2, -0.15) is 4.98 Å². The van der Waals surface area contributed by atoms with E-state index in [2.05, 4.69) is 30.5 Å². The summed E-state index contributed by atoms with van der Waals surface area (Å²) in [5.74, 6) is -0.0879. The molecule has 1 aromatic heterocycles. The molecule has 0 spiro atoms. The number of anilines is 2. The second kappa shape index (κ2) is 12.8. The first-order valence-corrected chi connectivity index (χ1v) is 12.0. The standard InChI is InChI=1S/C24H34N8O5/c1-16(2)27-20(33)14-31-9-11-32(12-10-31)23-26-15-25-22(29-23)28-19(21(34)35)13-17-5-7-18(8-6-17)37-24(36)30(3)4/h5-8,15-16,19H,9-14H2,1-4H3,(H,27,33)(H,34,35)(H,25,26,28,29)/t19-/m0/s1. The van der Waals surface area contributed by atoms with Crippen molar-refractivity contribution in [2.75, 3.05) is 57.0 Å². The summed E-state index contributed by atoms with van der Waals surface area (Å²) in [4.78, 5) is 53.7. The Kier molecular flexibility index (Phi) is 9.55. The molecule has 2 aromatic rings. The molecule has 0 radical (unpaired) electrons. The first-order chi connectivity index (χ1) is 17.6. The predicted octanol–water partition coefficient (Wildman–Crippen LogP) is 0.686. The molecule has 1 atom stereocenters. The van der Waals surface area contributed by atoms with E-state index in [0.29, 0.717) is 44.4 Å². The van der Waals surface area contributed by atoms with Crippen LogP contribution in [0.5, 0.6) is 5.75 Å². The van der Waals surface area contributed by atoms with E-state index in [9.17, 15) is 19.5 Å². The maximum Gasteiger partial charge on any atom is 0.414 e. The fourth-order valence-corrected chi connectivity index (χ4v) is 3.66. The van der Waals surface area contributed by atoms with Crippen LogP contribution in [0.3, 0.4) is 0 Å². The molecule has 2 heterocycles. The number of benzene rings is 1. The van der Waals surface area contributed by atoms with Crippen LogP contribution in [0, 0.1) is 0 Å². The molecule has 1 aliphatic heterocycles. The van der Waals surface area contributed by atoms with Gasteiger partial charge in [0, 0.05) is 52.7 Å². The molecule has 3 N–H and O–H groups in total. The van der Waals surface area contributed by atoms with Gasteiger partial charge >= 0.3 is 12.1 Å². The van der Waals surface area contributed by atoms with Gasteiger partial charge in [-0.15, -0.1) is 0 Å². The Morgan fingerprint density at radius 1 is 1.08 bits per heavy atom. The number of piperazine rings is 1. The second-order valence-corrected chi connectivity index (χ2v) is 9.24. The van der Waals surface area contributed by atoms with E-state index in [-0.39, 0.29) is 24.3 Å². The van der Waals surface area contributed by atoms with Crippen LogP contribution < -0.4 is 20.3 Å². The maximum absolute atomic E-state index is 12.0. The third-order valence-corrected chi connectivity index (χ3v) is 5.57. The third kappa shape index (κ3) is 8.56. The van der Waals surface area contributed by atoms with Crippen LogP contribution in [-0.2, 0) is 16.0 Å². The largest absolute Gasteiger partial charge is 0.480 e. The molecule has 0 unspecified atom stereocenters. The molecular formula is C24H34N8O5. The molecule has 200 valence electrons. The second-order valence-electron chi connectivity index (χ2n) is 9.24. The summed E-state index contributed by atoms with van der Waals surface area (Å²) in [6, 6.07) is 5.75. The van der Waals surface area contributed by atoms with Gasteiger partial charge in [0.15, 0.2) is 0 Å². The number of amides is 2. The Morgan fingerprint density at radius 2 is 1.76 bits per heavy atom. The minimum atomic E-state index is -1.06. The number of hydrogen-bond donors (Lipinski definition) is 3. The Morgan fingerprint density at radius 3 is 2.35 bits per heavy atom. The zero-order chi connectivity index (χ0) is 26.9. The van der Waals surface area contributed by atoms with Crippen molar-refractivity contribution in [1.29, 1.82) is 0 Å².